The van der Waals surface area contributed by atoms with Gasteiger partial charge < -0.3 is 4.90 Å². The summed E-state index contributed by atoms with van der Waals surface area (Å²) in [5.74, 6) is 0. The van der Waals surface area contributed by atoms with Crippen LogP contribution in [0.25, 0.3) is 11.1 Å². The molecule has 1 aliphatic heterocycles. The zero-order valence-electron chi connectivity index (χ0n) is 12.2. The third kappa shape index (κ3) is 1.76. The third-order valence-corrected chi connectivity index (χ3v) is 4.92. The van der Waals surface area contributed by atoms with Crippen LogP contribution in [0.5, 0.6) is 0 Å². The van der Waals surface area contributed by atoms with Crippen LogP contribution in [0.1, 0.15) is 30.0 Å². The van der Waals surface area contributed by atoms with Gasteiger partial charge in [0.2, 0.25) is 0 Å². The minimum atomic E-state index is 1.11. The van der Waals surface area contributed by atoms with E-state index in [4.69, 9.17) is 0 Å². The molecule has 0 saturated carbocycles. The summed E-state index contributed by atoms with van der Waals surface area (Å²) in [6.07, 6.45) is 5.03. The summed E-state index contributed by atoms with van der Waals surface area (Å²) in [5.41, 5.74) is 9.00. The predicted octanol–water partition coefficient (Wildman–Crippen LogP) is 4.22. The lowest BCUT2D eigenvalue weighted by Crippen LogP contribution is -2.19. The largest absolute Gasteiger partial charge is 0.371 e. The van der Waals surface area contributed by atoms with Crippen LogP contribution in [-0.4, -0.2) is 13.1 Å². The molecule has 0 spiro atoms. The van der Waals surface area contributed by atoms with E-state index in [0.717, 1.165) is 6.54 Å². The average Bonchev–Trinajstić information content (AvgIpc) is 3.12. The van der Waals surface area contributed by atoms with Gasteiger partial charge in [0.15, 0.2) is 0 Å². The normalized spacial score (nSPS) is 16.4. The van der Waals surface area contributed by atoms with Crippen LogP contribution in [-0.2, 0) is 19.3 Å². The Morgan fingerprint density at radius 1 is 1.00 bits per heavy atom. The van der Waals surface area contributed by atoms with Crippen molar-refractivity contribution in [2.45, 2.75) is 32.6 Å². The predicted molar refractivity (Wildman–Crippen MR) is 85.5 cm³/mol. The summed E-state index contributed by atoms with van der Waals surface area (Å²) < 4.78 is 0. The van der Waals surface area contributed by atoms with E-state index in [1.54, 1.807) is 11.1 Å². The molecule has 102 valence electrons. The van der Waals surface area contributed by atoms with E-state index in [0.29, 0.717) is 0 Å². The lowest BCUT2D eigenvalue weighted by Gasteiger charge is -2.18. The molecule has 2 aromatic rings. The van der Waals surface area contributed by atoms with E-state index in [1.807, 2.05) is 0 Å². The van der Waals surface area contributed by atoms with Crippen LogP contribution in [0.3, 0.4) is 0 Å². The minimum absolute atomic E-state index is 1.11. The molecule has 0 fully saturated rings. The zero-order valence-corrected chi connectivity index (χ0v) is 12.2. The maximum Gasteiger partial charge on any atom is 0.0405 e. The fourth-order valence-corrected chi connectivity index (χ4v) is 3.83. The summed E-state index contributed by atoms with van der Waals surface area (Å²) in [4.78, 5) is 2.50. The molecular weight excluding hydrogens is 242 g/mol. The Bertz CT molecular complexity index is 657. The van der Waals surface area contributed by atoms with E-state index >= 15 is 0 Å². The highest BCUT2D eigenvalue weighted by Crippen LogP contribution is 2.36. The van der Waals surface area contributed by atoms with Gasteiger partial charge in [0.05, 0.1) is 0 Å². The molecule has 4 rings (SSSR count). The molecular formula is C19H21N. The first-order valence-corrected chi connectivity index (χ1v) is 7.86. The molecule has 0 N–H and O–H groups in total. The summed E-state index contributed by atoms with van der Waals surface area (Å²) >= 11 is 0. The van der Waals surface area contributed by atoms with Gasteiger partial charge >= 0.3 is 0 Å². The van der Waals surface area contributed by atoms with Crippen molar-refractivity contribution in [1.29, 1.82) is 0 Å². The summed E-state index contributed by atoms with van der Waals surface area (Å²) in [5, 5.41) is 0. The van der Waals surface area contributed by atoms with Gasteiger partial charge in [-0.15, -0.1) is 0 Å². The lowest BCUT2D eigenvalue weighted by molar-refractivity contribution is 0.868. The molecule has 0 unspecified atom stereocenters. The monoisotopic (exact) mass is 263 g/mol. The highest BCUT2D eigenvalue weighted by atomic mass is 15.1. The molecule has 2 aromatic carbocycles. The van der Waals surface area contributed by atoms with Gasteiger partial charge in [0.25, 0.3) is 0 Å². The highest BCUT2D eigenvalue weighted by molar-refractivity contribution is 5.75. The third-order valence-electron chi connectivity index (χ3n) is 4.92. The van der Waals surface area contributed by atoms with Crippen LogP contribution in [0.15, 0.2) is 36.4 Å². The Morgan fingerprint density at radius 2 is 1.95 bits per heavy atom. The number of hydrogen-bond donors (Lipinski definition) is 0. The SMILES string of the molecule is CCN1CCc2ccc(-c3cccc4c3CCC4)cc21. The van der Waals surface area contributed by atoms with Crippen LogP contribution in [0.2, 0.25) is 0 Å². The number of anilines is 1. The Balaban J connectivity index is 1.83. The maximum atomic E-state index is 2.50. The molecule has 0 bridgehead atoms. The quantitative estimate of drug-likeness (QED) is 0.784. The van der Waals surface area contributed by atoms with Crippen LogP contribution in [0.4, 0.5) is 5.69 Å². The summed E-state index contributed by atoms with van der Waals surface area (Å²) in [6, 6.07) is 13.9. The van der Waals surface area contributed by atoms with Crippen molar-refractivity contribution in [3.8, 4) is 11.1 Å². The topological polar surface area (TPSA) is 3.24 Å². The molecule has 2 aliphatic rings. The molecule has 0 atom stereocenters. The van der Waals surface area contributed by atoms with Crippen molar-refractivity contribution >= 4 is 5.69 Å². The maximum absolute atomic E-state index is 2.50. The molecule has 1 heteroatoms. The van der Waals surface area contributed by atoms with Crippen molar-refractivity contribution < 1.29 is 0 Å². The Hall–Kier alpha value is -1.76. The smallest absolute Gasteiger partial charge is 0.0405 e. The lowest BCUT2D eigenvalue weighted by atomic mass is 9.95. The number of nitrogens with zero attached hydrogens (tertiary/aromatic N) is 1. The Labute approximate surface area is 121 Å². The molecule has 0 amide bonds. The zero-order chi connectivity index (χ0) is 13.5. The van der Waals surface area contributed by atoms with Crippen LogP contribution in [0, 0.1) is 0 Å². The molecule has 1 aliphatic carbocycles. The minimum Gasteiger partial charge on any atom is -0.371 e. The first-order chi connectivity index (χ1) is 9.86. The number of aryl methyl sites for hydroxylation is 1. The van der Waals surface area contributed by atoms with Gasteiger partial charge in [0.1, 0.15) is 0 Å². The number of likely N-dealkylation sites (N-methyl/N-ethyl adjacent to an activating group) is 1. The highest BCUT2D eigenvalue weighted by Gasteiger charge is 2.20. The molecule has 20 heavy (non-hydrogen) atoms. The second-order valence-electron chi connectivity index (χ2n) is 5.97. The van der Waals surface area contributed by atoms with Gasteiger partial charge in [-0.3, -0.25) is 0 Å². The molecule has 0 saturated heterocycles. The summed E-state index contributed by atoms with van der Waals surface area (Å²) in [6.45, 7) is 4.55. The van der Waals surface area contributed by atoms with E-state index in [-0.39, 0.29) is 0 Å². The fourth-order valence-electron chi connectivity index (χ4n) is 3.83. The van der Waals surface area contributed by atoms with Gasteiger partial charge in [-0.25, -0.2) is 0 Å². The second-order valence-corrected chi connectivity index (χ2v) is 5.97. The second kappa shape index (κ2) is 4.66. The van der Waals surface area contributed by atoms with Gasteiger partial charge in [-0.1, -0.05) is 30.3 Å². The van der Waals surface area contributed by atoms with E-state index in [1.165, 1.54) is 54.6 Å². The van der Waals surface area contributed by atoms with Gasteiger partial charge in [0, 0.05) is 18.8 Å². The molecule has 1 nitrogen and oxygen atoms in total. The first kappa shape index (κ1) is 12.0. The van der Waals surface area contributed by atoms with Crippen LogP contribution >= 0.6 is 0 Å². The van der Waals surface area contributed by atoms with Crippen molar-refractivity contribution in [2.75, 3.05) is 18.0 Å². The standard InChI is InChI=1S/C19H21N/c1-2-20-12-11-15-9-10-16(13-19(15)20)18-8-4-6-14-5-3-7-17(14)18/h4,6,8-10,13H,2-3,5,7,11-12H2,1H3. The Morgan fingerprint density at radius 3 is 2.85 bits per heavy atom. The number of benzene rings is 2. The average molecular weight is 263 g/mol. The van der Waals surface area contributed by atoms with Crippen molar-refractivity contribution in [1.82, 2.24) is 0 Å². The van der Waals surface area contributed by atoms with Gasteiger partial charge in [-0.05, 0) is 66.5 Å². The van der Waals surface area contributed by atoms with Crippen LogP contribution < -0.4 is 4.90 Å². The van der Waals surface area contributed by atoms with E-state index in [9.17, 15) is 0 Å². The first-order valence-electron chi connectivity index (χ1n) is 7.86. The van der Waals surface area contributed by atoms with E-state index < -0.39 is 0 Å². The number of rotatable bonds is 2. The number of fused-ring (bicyclic) bond motifs is 2. The van der Waals surface area contributed by atoms with Crippen molar-refractivity contribution in [3.05, 3.63) is 53.1 Å². The molecule has 1 heterocycles. The van der Waals surface area contributed by atoms with Crippen molar-refractivity contribution in [2.24, 2.45) is 0 Å². The fraction of sp³-hybridized carbons (Fsp3) is 0.368. The van der Waals surface area contributed by atoms with Gasteiger partial charge in [-0.2, -0.15) is 0 Å². The van der Waals surface area contributed by atoms with Crippen molar-refractivity contribution in [3.63, 3.8) is 0 Å². The Kier molecular flexibility index (Phi) is 2.80. The summed E-state index contributed by atoms with van der Waals surface area (Å²) in [7, 11) is 0. The van der Waals surface area contributed by atoms with E-state index in [2.05, 4.69) is 48.2 Å². The number of hydrogen-bond acceptors (Lipinski definition) is 1. The molecule has 0 radical (unpaired) electrons. The molecule has 0 aromatic heterocycles.